The highest BCUT2D eigenvalue weighted by atomic mass is 16.2. The van der Waals surface area contributed by atoms with Crippen LogP contribution in [0.15, 0.2) is 24.3 Å². The fourth-order valence-corrected chi connectivity index (χ4v) is 4.07. The Kier molecular flexibility index (Phi) is 6.88. The molecule has 0 bridgehead atoms. The fourth-order valence-electron chi connectivity index (χ4n) is 4.07. The molecule has 2 aliphatic rings. The molecule has 0 radical (unpaired) electrons. The standard InChI is InChI=1S/C21H33N3O/c1-18-7-6-8-19(15-18)16-23-11-13-24(14-12-23)17-21(25)22-20-9-4-2-3-5-10-20/h6-8,15,20H,2-5,9-14,16-17H2,1H3,(H,22,25). The van der Waals surface area contributed by atoms with E-state index >= 15 is 0 Å². The van der Waals surface area contributed by atoms with Gasteiger partial charge in [-0.3, -0.25) is 14.6 Å². The number of benzene rings is 1. The number of rotatable bonds is 5. The summed E-state index contributed by atoms with van der Waals surface area (Å²) in [4.78, 5) is 17.1. The first-order chi connectivity index (χ1) is 12.2. The fraction of sp³-hybridized carbons (Fsp3) is 0.667. The van der Waals surface area contributed by atoms with E-state index in [0.29, 0.717) is 12.6 Å². The van der Waals surface area contributed by atoms with Gasteiger partial charge in [-0.2, -0.15) is 0 Å². The van der Waals surface area contributed by atoms with Crippen molar-refractivity contribution in [1.29, 1.82) is 0 Å². The molecule has 138 valence electrons. The molecule has 1 aromatic rings. The van der Waals surface area contributed by atoms with E-state index < -0.39 is 0 Å². The first kappa shape index (κ1) is 18.4. The van der Waals surface area contributed by atoms with Crippen molar-refractivity contribution < 1.29 is 4.79 Å². The van der Waals surface area contributed by atoms with Crippen LogP contribution in [-0.2, 0) is 11.3 Å². The number of hydrogen-bond acceptors (Lipinski definition) is 3. The summed E-state index contributed by atoms with van der Waals surface area (Å²) in [5.74, 6) is 0.221. The van der Waals surface area contributed by atoms with Gasteiger partial charge in [0.1, 0.15) is 0 Å². The predicted octanol–water partition coefficient (Wildman–Crippen LogP) is 2.95. The normalized spacial score (nSPS) is 21.0. The van der Waals surface area contributed by atoms with Gasteiger partial charge in [-0.25, -0.2) is 0 Å². The Labute approximate surface area is 152 Å². The number of aryl methyl sites for hydroxylation is 1. The van der Waals surface area contributed by atoms with Gasteiger partial charge in [0.25, 0.3) is 0 Å². The van der Waals surface area contributed by atoms with Gasteiger partial charge >= 0.3 is 0 Å². The number of nitrogens with one attached hydrogen (secondary N) is 1. The molecule has 0 aromatic heterocycles. The maximum absolute atomic E-state index is 12.3. The number of hydrogen-bond donors (Lipinski definition) is 1. The van der Waals surface area contributed by atoms with Crippen molar-refractivity contribution in [2.75, 3.05) is 32.7 Å². The maximum Gasteiger partial charge on any atom is 0.234 e. The molecule has 2 fully saturated rings. The van der Waals surface area contributed by atoms with E-state index in [9.17, 15) is 4.79 Å². The summed E-state index contributed by atoms with van der Waals surface area (Å²) in [6.45, 7) is 7.80. The van der Waals surface area contributed by atoms with Gasteiger partial charge < -0.3 is 5.32 Å². The lowest BCUT2D eigenvalue weighted by Gasteiger charge is -2.34. The van der Waals surface area contributed by atoms with Gasteiger partial charge in [-0.15, -0.1) is 0 Å². The Morgan fingerprint density at radius 2 is 1.72 bits per heavy atom. The minimum atomic E-state index is 0.221. The van der Waals surface area contributed by atoms with E-state index in [-0.39, 0.29) is 5.91 Å². The van der Waals surface area contributed by atoms with E-state index in [1.165, 1.54) is 36.8 Å². The van der Waals surface area contributed by atoms with Gasteiger partial charge in [0.05, 0.1) is 6.54 Å². The first-order valence-electron chi connectivity index (χ1n) is 9.99. The van der Waals surface area contributed by atoms with Crippen LogP contribution in [-0.4, -0.2) is 54.5 Å². The average molecular weight is 344 g/mol. The van der Waals surface area contributed by atoms with Crippen LogP contribution < -0.4 is 5.32 Å². The summed E-state index contributed by atoms with van der Waals surface area (Å²) < 4.78 is 0. The van der Waals surface area contributed by atoms with Crippen LogP contribution in [0.2, 0.25) is 0 Å². The molecule has 1 amide bonds. The molecule has 0 atom stereocenters. The van der Waals surface area contributed by atoms with E-state index in [1.807, 2.05) is 0 Å². The minimum Gasteiger partial charge on any atom is -0.352 e. The second-order valence-electron chi connectivity index (χ2n) is 7.80. The number of amides is 1. The van der Waals surface area contributed by atoms with Crippen molar-refractivity contribution in [1.82, 2.24) is 15.1 Å². The van der Waals surface area contributed by atoms with Gasteiger partial charge in [-0.1, -0.05) is 55.5 Å². The Morgan fingerprint density at radius 1 is 1.04 bits per heavy atom. The summed E-state index contributed by atoms with van der Waals surface area (Å²) in [5.41, 5.74) is 2.71. The zero-order valence-corrected chi connectivity index (χ0v) is 15.7. The summed E-state index contributed by atoms with van der Waals surface area (Å²) in [6, 6.07) is 9.18. The smallest absolute Gasteiger partial charge is 0.234 e. The molecule has 4 nitrogen and oxygen atoms in total. The second kappa shape index (κ2) is 9.35. The Hall–Kier alpha value is -1.39. The van der Waals surface area contributed by atoms with Crippen LogP contribution in [0, 0.1) is 6.92 Å². The molecule has 4 heteroatoms. The minimum absolute atomic E-state index is 0.221. The lowest BCUT2D eigenvalue weighted by Crippen LogP contribution is -2.50. The van der Waals surface area contributed by atoms with Crippen molar-refractivity contribution in [3.8, 4) is 0 Å². The lowest BCUT2D eigenvalue weighted by molar-refractivity contribution is -0.123. The topological polar surface area (TPSA) is 35.6 Å². The second-order valence-corrected chi connectivity index (χ2v) is 7.80. The molecule has 1 N–H and O–H groups in total. The summed E-state index contributed by atoms with van der Waals surface area (Å²) in [5, 5.41) is 3.27. The van der Waals surface area contributed by atoms with Crippen molar-refractivity contribution >= 4 is 5.91 Å². The zero-order valence-electron chi connectivity index (χ0n) is 15.7. The Balaban J connectivity index is 1.37. The summed E-state index contributed by atoms with van der Waals surface area (Å²) in [6.07, 6.45) is 7.52. The van der Waals surface area contributed by atoms with Gasteiger partial charge in [0.2, 0.25) is 5.91 Å². The van der Waals surface area contributed by atoms with Crippen molar-refractivity contribution in [3.05, 3.63) is 35.4 Å². The van der Waals surface area contributed by atoms with E-state index in [0.717, 1.165) is 45.6 Å². The number of nitrogens with zero attached hydrogens (tertiary/aromatic N) is 2. The first-order valence-corrected chi connectivity index (χ1v) is 9.99. The monoisotopic (exact) mass is 343 g/mol. The molecule has 1 heterocycles. The molecular formula is C21H33N3O. The average Bonchev–Trinajstić information content (AvgIpc) is 2.85. The zero-order chi connectivity index (χ0) is 17.5. The molecule has 1 saturated heterocycles. The van der Waals surface area contributed by atoms with Crippen LogP contribution in [0.1, 0.15) is 49.7 Å². The Bertz CT molecular complexity index is 544. The van der Waals surface area contributed by atoms with Crippen LogP contribution in [0.25, 0.3) is 0 Å². The molecule has 1 saturated carbocycles. The number of carbonyl (C=O) groups is 1. The number of piperazine rings is 1. The van der Waals surface area contributed by atoms with Gasteiger partial charge in [0, 0.05) is 38.8 Å². The third-order valence-corrected chi connectivity index (χ3v) is 5.54. The SMILES string of the molecule is Cc1cccc(CN2CCN(CC(=O)NC3CCCCCC3)CC2)c1. The van der Waals surface area contributed by atoms with Gasteiger partial charge in [0.15, 0.2) is 0 Å². The highest BCUT2D eigenvalue weighted by molar-refractivity contribution is 5.78. The largest absolute Gasteiger partial charge is 0.352 e. The highest BCUT2D eigenvalue weighted by Gasteiger charge is 2.21. The van der Waals surface area contributed by atoms with E-state index in [2.05, 4.69) is 46.3 Å². The number of carbonyl (C=O) groups excluding carboxylic acids is 1. The highest BCUT2D eigenvalue weighted by Crippen LogP contribution is 2.17. The maximum atomic E-state index is 12.3. The van der Waals surface area contributed by atoms with Crippen molar-refractivity contribution in [2.45, 2.75) is 58.0 Å². The molecule has 0 unspecified atom stereocenters. The molecule has 1 aromatic carbocycles. The molecule has 0 spiro atoms. The Morgan fingerprint density at radius 3 is 2.40 bits per heavy atom. The molecular weight excluding hydrogens is 310 g/mol. The molecule has 25 heavy (non-hydrogen) atoms. The van der Waals surface area contributed by atoms with E-state index in [4.69, 9.17) is 0 Å². The van der Waals surface area contributed by atoms with Crippen molar-refractivity contribution in [3.63, 3.8) is 0 Å². The van der Waals surface area contributed by atoms with Gasteiger partial charge in [-0.05, 0) is 25.3 Å². The quantitative estimate of drug-likeness (QED) is 0.835. The van der Waals surface area contributed by atoms with Crippen LogP contribution in [0.3, 0.4) is 0 Å². The third-order valence-electron chi connectivity index (χ3n) is 5.54. The molecule has 1 aliphatic heterocycles. The third kappa shape index (κ3) is 6.12. The summed E-state index contributed by atoms with van der Waals surface area (Å²) >= 11 is 0. The lowest BCUT2D eigenvalue weighted by atomic mass is 10.1. The van der Waals surface area contributed by atoms with Crippen LogP contribution in [0.4, 0.5) is 0 Å². The van der Waals surface area contributed by atoms with Crippen molar-refractivity contribution in [2.24, 2.45) is 0 Å². The molecule has 3 rings (SSSR count). The summed E-state index contributed by atoms with van der Waals surface area (Å²) in [7, 11) is 0. The van der Waals surface area contributed by atoms with Crippen LogP contribution in [0.5, 0.6) is 0 Å². The molecule has 1 aliphatic carbocycles. The predicted molar refractivity (Wildman–Crippen MR) is 103 cm³/mol. The van der Waals surface area contributed by atoms with Crippen LogP contribution >= 0.6 is 0 Å². The van der Waals surface area contributed by atoms with E-state index in [1.54, 1.807) is 0 Å².